The van der Waals surface area contributed by atoms with Crippen LogP contribution in [0.3, 0.4) is 0 Å². The van der Waals surface area contributed by atoms with Gasteiger partial charge in [-0.1, -0.05) is 24.5 Å². The lowest BCUT2D eigenvalue weighted by molar-refractivity contribution is -0.0568. The highest BCUT2D eigenvalue weighted by atomic mass is 32.7. The number of halogens is 1. The van der Waals surface area contributed by atoms with E-state index in [1.54, 1.807) is 0 Å². The number of rotatable bonds is 2. The van der Waals surface area contributed by atoms with Crippen molar-refractivity contribution in [1.29, 1.82) is 0 Å². The molecule has 0 amide bonds. The van der Waals surface area contributed by atoms with Crippen molar-refractivity contribution in [2.24, 2.45) is 0 Å². The molecule has 5 N–H and O–H groups in total. The van der Waals surface area contributed by atoms with E-state index in [4.69, 9.17) is 39.0 Å². The summed E-state index contributed by atoms with van der Waals surface area (Å²) in [6.07, 6.45) is -6.89. The van der Waals surface area contributed by atoms with Crippen LogP contribution < -0.4 is 11.5 Å². The largest absolute Gasteiger partial charge is 0.387 e. The van der Waals surface area contributed by atoms with Crippen LogP contribution in [0.4, 0.5) is 16.0 Å². The minimum Gasteiger partial charge on any atom is -0.387 e. The Morgan fingerprint density at radius 1 is 0.795 bits per heavy atom. The number of ether oxygens (including phenoxy) is 2. The van der Waals surface area contributed by atoms with E-state index in [1.165, 1.54) is 34.4 Å². The number of nitrogens with two attached hydrogens (primary N) is 2. The highest BCUT2D eigenvalue weighted by molar-refractivity contribution is 8.44. The van der Waals surface area contributed by atoms with Gasteiger partial charge in [-0.25, -0.2) is 43.4 Å². The van der Waals surface area contributed by atoms with Crippen LogP contribution in [-0.4, -0.2) is 94.0 Å². The first-order valence-corrected chi connectivity index (χ1v) is 18.1. The zero-order valence-electron chi connectivity index (χ0n) is 22.0. The fourth-order valence-electron chi connectivity index (χ4n) is 5.19. The number of hydrogen-bond acceptors (Lipinski definition) is 17. The number of aromatic nitrogens is 8. The Bertz CT molecular complexity index is 1840. The molecule has 0 spiro atoms. The van der Waals surface area contributed by atoms with Gasteiger partial charge in [0.05, 0.1) is 25.9 Å². The second-order valence-electron chi connectivity index (χ2n) is 9.90. The number of anilines is 2. The number of imidazole rings is 2. The number of alkyl halides is 1. The van der Waals surface area contributed by atoms with Crippen molar-refractivity contribution in [2.75, 3.05) is 24.7 Å². The molecule has 19 nitrogen and oxygen atoms in total. The van der Waals surface area contributed by atoms with Crippen LogP contribution in [-0.2, 0) is 36.7 Å². The smallest absolute Gasteiger partial charge is 0.386 e. The fraction of sp³-hybridized carbons (Fsp3) is 0.500. The standard InChI is InChI=1S/C20H23FN10O9P2S2/c21-9-13-8(38-19(9)30-5-28-10-15(22)24-3-26-17(10)30)2-36-42(34,44)40-14-12(32)7(1-35-41(33,43)39-13)37-20(14)31-6-29-11-16(23)25-4-27-18(11)31/h3-9,12-14,19-20,32H,1-2H2,(H,33,43)(H,34,44)(H2,22,24,26)(H2,23,25,27)/t7-,8-,9+,12+,13+,14+,19-,20-,41?,42?/m1/s1. The summed E-state index contributed by atoms with van der Waals surface area (Å²) in [5, 5.41) is 11.1. The van der Waals surface area contributed by atoms with Gasteiger partial charge in [0.1, 0.15) is 54.2 Å². The number of aliphatic hydroxyl groups is 1. The summed E-state index contributed by atoms with van der Waals surface area (Å²) in [6, 6.07) is 0. The average Bonchev–Trinajstić information content (AvgIpc) is 3.73. The SMILES string of the molecule is Nc1ncnc2c1ncn2[C@@H]1O[C@@H]2COP(=O)(S)O[C@H]3[C@@H](O)[C@@H](COP(=O)(S)O[C@@H]2[C@@H]1F)O[C@H]3n1cnc2c(N)ncnc21. The van der Waals surface area contributed by atoms with Crippen LogP contribution in [0.1, 0.15) is 12.5 Å². The van der Waals surface area contributed by atoms with E-state index in [1.807, 2.05) is 0 Å². The zero-order valence-corrected chi connectivity index (χ0v) is 25.5. The third-order valence-electron chi connectivity index (χ3n) is 7.22. The molecule has 4 aromatic heterocycles. The second kappa shape index (κ2) is 11.1. The topological polar surface area (TPSA) is 249 Å². The quantitative estimate of drug-likeness (QED) is 0.146. The van der Waals surface area contributed by atoms with Gasteiger partial charge in [-0.15, -0.1) is 0 Å². The Labute approximate surface area is 256 Å². The summed E-state index contributed by atoms with van der Waals surface area (Å²) in [4.78, 5) is 24.3. The van der Waals surface area contributed by atoms with Crippen LogP contribution in [0.2, 0.25) is 0 Å². The predicted molar refractivity (Wildman–Crippen MR) is 153 cm³/mol. The number of nitrogens with zero attached hydrogens (tertiary/aromatic N) is 8. The average molecular weight is 693 g/mol. The molecule has 4 aromatic rings. The predicted octanol–water partition coefficient (Wildman–Crippen LogP) is 1.22. The van der Waals surface area contributed by atoms with Gasteiger partial charge in [0, 0.05) is 0 Å². The number of hydrogen-bond donors (Lipinski definition) is 5. The van der Waals surface area contributed by atoms with Crippen LogP contribution in [0.25, 0.3) is 22.3 Å². The van der Waals surface area contributed by atoms with Gasteiger partial charge in [-0.05, 0) is 0 Å². The van der Waals surface area contributed by atoms with Crippen molar-refractivity contribution in [3.05, 3.63) is 25.3 Å². The maximum Gasteiger partial charge on any atom is 0.386 e. The van der Waals surface area contributed by atoms with Gasteiger partial charge in [0.2, 0.25) is 0 Å². The molecule has 0 aromatic carbocycles. The first-order chi connectivity index (χ1) is 20.9. The molecule has 3 saturated heterocycles. The fourth-order valence-corrected chi connectivity index (χ4v) is 8.13. The molecule has 0 aliphatic carbocycles. The van der Waals surface area contributed by atoms with Crippen molar-refractivity contribution in [3.63, 3.8) is 0 Å². The van der Waals surface area contributed by atoms with E-state index in [2.05, 4.69) is 54.4 Å². The van der Waals surface area contributed by atoms with Crippen molar-refractivity contribution >= 4 is 72.1 Å². The minimum absolute atomic E-state index is 0.0580. The number of thiol groups is 2. The highest BCUT2D eigenvalue weighted by Gasteiger charge is 2.54. The summed E-state index contributed by atoms with van der Waals surface area (Å²) in [6.45, 7) is -9.91. The van der Waals surface area contributed by atoms with Crippen LogP contribution in [0.15, 0.2) is 25.3 Å². The summed E-state index contributed by atoms with van der Waals surface area (Å²) in [5.41, 5.74) is 12.5. The Morgan fingerprint density at radius 2 is 1.30 bits per heavy atom. The Morgan fingerprint density at radius 3 is 1.89 bits per heavy atom. The lowest BCUT2D eigenvalue weighted by Crippen LogP contribution is -2.35. The van der Waals surface area contributed by atoms with Crippen LogP contribution >= 0.6 is 38.1 Å². The van der Waals surface area contributed by atoms with E-state index in [-0.39, 0.29) is 34.0 Å². The molecule has 3 fully saturated rings. The van der Waals surface area contributed by atoms with Gasteiger partial charge in [0.15, 0.2) is 41.6 Å². The highest BCUT2D eigenvalue weighted by Crippen LogP contribution is 2.60. The number of fused-ring (bicyclic) bond motifs is 5. The van der Waals surface area contributed by atoms with Gasteiger partial charge in [-0.3, -0.25) is 27.2 Å². The lowest BCUT2D eigenvalue weighted by Gasteiger charge is -2.26. The molecule has 236 valence electrons. The number of nitrogen functional groups attached to an aromatic ring is 2. The third-order valence-corrected chi connectivity index (χ3v) is 10.4. The van der Waals surface area contributed by atoms with Gasteiger partial charge < -0.3 is 26.0 Å². The van der Waals surface area contributed by atoms with Crippen molar-refractivity contribution in [2.45, 2.75) is 49.1 Å². The van der Waals surface area contributed by atoms with E-state index in [9.17, 15) is 14.2 Å². The van der Waals surface area contributed by atoms with Crippen molar-refractivity contribution in [3.8, 4) is 0 Å². The molecular formula is C20H23FN10O9P2S2. The van der Waals surface area contributed by atoms with Crippen LogP contribution in [0.5, 0.6) is 0 Å². The molecule has 0 radical (unpaired) electrons. The Hall–Kier alpha value is -2.49. The van der Waals surface area contributed by atoms with E-state index >= 15 is 4.39 Å². The zero-order chi connectivity index (χ0) is 31.0. The summed E-state index contributed by atoms with van der Waals surface area (Å²) in [5.74, 6) is 0.140. The first kappa shape index (κ1) is 30.2. The molecule has 10 atom stereocenters. The van der Waals surface area contributed by atoms with Gasteiger partial charge in [0.25, 0.3) is 0 Å². The summed E-state index contributed by atoms with van der Waals surface area (Å²) in [7, 11) is 0. The Balaban J connectivity index is 1.20. The molecule has 2 bridgehead atoms. The maximum absolute atomic E-state index is 16.0. The third kappa shape index (κ3) is 5.26. The molecule has 7 heterocycles. The summed E-state index contributed by atoms with van der Waals surface area (Å²) < 4.78 is 79.4. The Kier molecular flexibility index (Phi) is 7.61. The molecule has 0 saturated carbocycles. The van der Waals surface area contributed by atoms with Crippen molar-refractivity contribution < 1.29 is 46.2 Å². The summed E-state index contributed by atoms with van der Waals surface area (Å²) >= 11 is 8.08. The first-order valence-electron chi connectivity index (χ1n) is 12.7. The number of aliphatic hydroxyl groups excluding tert-OH is 1. The maximum atomic E-state index is 16.0. The van der Waals surface area contributed by atoms with E-state index in [0.717, 1.165) is 0 Å². The second-order valence-corrected chi connectivity index (χ2v) is 15.7. The molecule has 3 aliphatic heterocycles. The molecule has 24 heteroatoms. The molecule has 3 aliphatic rings. The monoisotopic (exact) mass is 692 g/mol. The van der Waals surface area contributed by atoms with E-state index < -0.39 is 76.0 Å². The molecular weight excluding hydrogens is 669 g/mol. The normalized spacial score (nSPS) is 38.3. The molecule has 2 unspecified atom stereocenters. The lowest BCUT2D eigenvalue weighted by atomic mass is 10.1. The van der Waals surface area contributed by atoms with Crippen LogP contribution in [0, 0.1) is 0 Å². The van der Waals surface area contributed by atoms with Gasteiger partial charge in [-0.2, -0.15) is 0 Å². The van der Waals surface area contributed by atoms with Crippen molar-refractivity contribution in [1.82, 2.24) is 39.0 Å². The molecule has 7 rings (SSSR count). The minimum atomic E-state index is -4.36. The molecule has 44 heavy (non-hydrogen) atoms. The van der Waals surface area contributed by atoms with Gasteiger partial charge >= 0.3 is 13.6 Å². The van der Waals surface area contributed by atoms with E-state index in [0.29, 0.717) is 0 Å².